The molecule has 1 rings (SSSR count). The molecule has 0 aliphatic rings. The van der Waals surface area contributed by atoms with Gasteiger partial charge in [-0.1, -0.05) is 37.3 Å². The SMILES string of the molecule is CCC(CCO)NC(=O)CC(N)c1ccccc1. The molecule has 0 aromatic heterocycles. The van der Waals surface area contributed by atoms with Crippen molar-refractivity contribution in [2.45, 2.75) is 38.3 Å². The summed E-state index contributed by atoms with van der Waals surface area (Å²) in [5, 5.41) is 11.8. The molecule has 4 heteroatoms. The number of benzene rings is 1. The van der Waals surface area contributed by atoms with E-state index in [1.165, 1.54) is 0 Å². The normalized spacial score (nSPS) is 13.9. The monoisotopic (exact) mass is 250 g/mol. The summed E-state index contributed by atoms with van der Waals surface area (Å²) >= 11 is 0. The maximum atomic E-state index is 11.8. The number of hydrogen-bond acceptors (Lipinski definition) is 3. The number of nitrogens with one attached hydrogen (secondary N) is 1. The van der Waals surface area contributed by atoms with Gasteiger partial charge in [-0.3, -0.25) is 4.79 Å². The van der Waals surface area contributed by atoms with E-state index in [1.54, 1.807) is 0 Å². The number of carbonyl (C=O) groups excluding carboxylic acids is 1. The van der Waals surface area contributed by atoms with Crippen LogP contribution in [-0.4, -0.2) is 23.7 Å². The second-order valence-electron chi connectivity index (χ2n) is 4.41. The average Bonchev–Trinajstić information content (AvgIpc) is 2.39. The van der Waals surface area contributed by atoms with Crippen LogP contribution in [0.3, 0.4) is 0 Å². The Balaban J connectivity index is 2.44. The fraction of sp³-hybridized carbons (Fsp3) is 0.500. The number of nitrogens with two attached hydrogens (primary N) is 1. The molecule has 4 nitrogen and oxygen atoms in total. The quantitative estimate of drug-likeness (QED) is 0.684. The van der Waals surface area contributed by atoms with Crippen LogP contribution in [0.2, 0.25) is 0 Å². The number of aliphatic hydroxyl groups is 1. The van der Waals surface area contributed by atoms with Gasteiger partial charge in [0.25, 0.3) is 0 Å². The van der Waals surface area contributed by atoms with Gasteiger partial charge in [0.15, 0.2) is 0 Å². The zero-order valence-electron chi connectivity index (χ0n) is 10.8. The van der Waals surface area contributed by atoms with E-state index in [1.807, 2.05) is 37.3 Å². The predicted molar refractivity (Wildman–Crippen MR) is 71.9 cm³/mol. The third kappa shape index (κ3) is 4.85. The highest BCUT2D eigenvalue weighted by Gasteiger charge is 2.14. The van der Waals surface area contributed by atoms with Crippen LogP contribution in [0.1, 0.15) is 37.8 Å². The van der Waals surface area contributed by atoms with Gasteiger partial charge < -0.3 is 16.2 Å². The minimum atomic E-state index is -0.280. The second-order valence-corrected chi connectivity index (χ2v) is 4.41. The van der Waals surface area contributed by atoms with E-state index >= 15 is 0 Å². The first-order valence-corrected chi connectivity index (χ1v) is 6.38. The summed E-state index contributed by atoms with van der Waals surface area (Å²) in [4.78, 5) is 11.8. The van der Waals surface area contributed by atoms with Crippen molar-refractivity contribution < 1.29 is 9.90 Å². The Morgan fingerprint density at radius 3 is 2.61 bits per heavy atom. The van der Waals surface area contributed by atoms with Crippen LogP contribution in [0.4, 0.5) is 0 Å². The summed E-state index contributed by atoms with van der Waals surface area (Å²) in [6, 6.07) is 9.33. The predicted octanol–water partition coefficient (Wildman–Crippen LogP) is 1.35. The molecule has 0 aliphatic heterocycles. The van der Waals surface area contributed by atoms with Gasteiger partial charge in [0.1, 0.15) is 0 Å². The molecule has 0 bridgehead atoms. The zero-order chi connectivity index (χ0) is 13.4. The minimum absolute atomic E-state index is 0.0328. The first-order valence-electron chi connectivity index (χ1n) is 6.38. The number of aliphatic hydroxyl groups excluding tert-OH is 1. The van der Waals surface area contributed by atoms with Gasteiger partial charge in [0, 0.05) is 25.1 Å². The molecule has 1 amide bonds. The number of hydrogen-bond donors (Lipinski definition) is 3. The molecule has 2 atom stereocenters. The maximum absolute atomic E-state index is 11.8. The Kier molecular flexibility index (Phi) is 6.39. The maximum Gasteiger partial charge on any atom is 0.222 e. The van der Waals surface area contributed by atoms with Crippen LogP contribution >= 0.6 is 0 Å². The summed E-state index contributed by atoms with van der Waals surface area (Å²) in [6.07, 6.45) is 1.67. The van der Waals surface area contributed by atoms with E-state index in [0.717, 1.165) is 12.0 Å². The van der Waals surface area contributed by atoms with E-state index in [2.05, 4.69) is 5.32 Å². The molecule has 1 aromatic carbocycles. The highest BCUT2D eigenvalue weighted by Crippen LogP contribution is 2.13. The van der Waals surface area contributed by atoms with E-state index in [0.29, 0.717) is 6.42 Å². The fourth-order valence-electron chi connectivity index (χ4n) is 1.84. The molecule has 18 heavy (non-hydrogen) atoms. The molecular formula is C14H22N2O2. The molecule has 0 radical (unpaired) electrons. The molecule has 2 unspecified atom stereocenters. The zero-order valence-corrected chi connectivity index (χ0v) is 10.8. The van der Waals surface area contributed by atoms with Gasteiger partial charge in [-0.25, -0.2) is 0 Å². The van der Waals surface area contributed by atoms with Gasteiger partial charge in [0.2, 0.25) is 5.91 Å². The molecule has 0 saturated carbocycles. The molecule has 0 aliphatic carbocycles. The van der Waals surface area contributed by atoms with Gasteiger partial charge in [-0.15, -0.1) is 0 Å². The Morgan fingerprint density at radius 1 is 1.39 bits per heavy atom. The Morgan fingerprint density at radius 2 is 2.06 bits per heavy atom. The minimum Gasteiger partial charge on any atom is -0.396 e. The highest BCUT2D eigenvalue weighted by atomic mass is 16.3. The number of amides is 1. The Labute approximate surface area is 108 Å². The third-order valence-corrected chi connectivity index (χ3v) is 2.97. The standard InChI is InChI=1S/C14H22N2O2/c1-2-12(8-9-17)16-14(18)10-13(15)11-6-4-3-5-7-11/h3-7,12-13,17H,2,8-10,15H2,1H3,(H,16,18). The van der Waals surface area contributed by atoms with Crippen molar-refractivity contribution in [3.8, 4) is 0 Å². The summed E-state index contributed by atoms with van der Waals surface area (Å²) in [5.74, 6) is -0.0633. The second kappa shape index (κ2) is 7.84. The first kappa shape index (κ1) is 14.7. The Bertz CT molecular complexity index is 354. The molecule has 100 valence electrons. The van der Waals surface area contributed by atoms with E-state index < -0.39 is 0 Å². The van der Waals surface area contributed by atoms with Crippen LogP contribution in [-0.2, 0) is 4.79 Å². The summed E-state index contributed by atoms with van der Waals surface area (Å²) in [7, 11) is 0. The molecule has 1 aromatic rings. The molecule has 0 fully saturated rings. The lowest BCUT2D eigenvalue weighted by Crippen LogP contribution is -2.36. The lowest BCUT2D eigenvalue weighted by Gasteiger charge is -2.18. The highest BCUT2D eigenvalue weighted by molar-refractivity contribution is 5.77. The van der Waals surface area contributed by atoms with Crippen molar-refractivity contribution in [1.29, 1.82) is 0 Å². The lowest BCUT2D eigenvalue weighted by atomic mass is 10.0. The Hall–Kier alpha value is -1.39. The topological polar surface area (TPSA) is 75.3 Å². The molecular weight excluding hydrogens is 228 g/mol. The van der Waals surface area contributed by atoms with Gasteiger partial charge in [0.05, 0.1) is 0 Å². The van der Waals surface area contributed by atoms with E-state index in [-0.39, 0.29) is 31.0 Å². The summed E-state index contributed by atoms with van der Waals surface area (Å²) in [6.45, 7) is 2.07. The summed E-state index contributed by atoms with van der Waals surface area (Å²) in [5.41, 5.74) is 6.94. The molecule has 4 N–H and O–H groups in total. The fourth-order valence-corrected chi connectivity index (χ4v) is 1.84. The first-order chi connectivity index (χ1) is 8.67. The van der Waals surface area contributed by atoms with Crippen molar-refractivity contribution in [2.24, 2.45) is 5.73 Å². The number of rotatable bonds is 7. The lowest BCUT2D eigenvalue weighted by molar-refractivity contribution is -0.122. The van der Waals surface area contributed by atoms with Crippen LogP contribution in [0.25, 0.3) is 0 Å². The van der Waals surface area contributed by atoms with Crippen LogP contribution in [0.5, 0.6) is 0 Å². The van der Waals surface area contributed by atoms with Crippen LogP contribution in [0, 0.1) is 0 Å². The van der Waals surface area contributed by atoms with Crippen LogP contribution in [0.15, 0.2) is 30.3 Å². The number of carbonyl (C=O) groups is 1. The van der Waals surface area contributed by atoms with Gasteiger partial charge >= 0.3 is 0 Å². The van der Waals surface area contributed by atoms with E-state index in [4.69, 9.17) is 10.8 Å². The van der Waals surface area contributed by atoms with Crippen molar-refractivity contribution in [3.05, 3.63) is 35.9 Å². The van der Waals surface area contributed by atoms with Gasteiger partial charge in [-0.2, -0.15) is 0 Å². The average molecular weight is 250 g/mol. The molecule has 0 saturated heterocycles. The molecule has 0 spiro atoms. The van der Waals surface area contributed by atoms with Crippen molar-refractivity contribution >= 4 is 5.91 Å². The third-order valence-electron chi connectivity index (χ3n) is 2.97. The van der Waals surface area contributed by atoms with Gasteiger partial charge in [-0.05, 0) is 18.4 Å². The van der Waals surface area contributed by atoms with Crippen molar-refractivity contribution in [3.63, 3.8) is 0 Å². The van der Waals surface area contributed by atoms with Crippen molar-refractivity contribution in [2.75, 3.05) is 6.61 Å². The largest absolute Gasteiger partial charge is 0.396 e. The van der Waals surface area contributed by atoms with E-state index in [9.17, 15) is 4.79 Å². The van der Waals surface area contributed by atoms with Crippen LogP contribution < -0.4 is 11.1 Å². The smallest absolute Gasteiger partial charge is 0.222 e. The van der Waals surface area contributed by atoms with Crippen molar-refractivity contribution in [1.82, 2.24) is 5.32 Å². The molecule has 0 heterocycles. The summed E-state index contributed by atoms with van der Waals surface area (Å²) < 4.78 is 0.